The summed E-state index contributed by atoms with van der Waals surface area (Å²) in [6.45, 7) is 5.02. The van der Waals surface area contributed by atoms with Gasteiger partial charge >= 0.3 is 0 Å². The molecule has 0 unspecified atom stereocenters. The summed E-state index contributed by atoms with van der Waals surface area (Å²) in [5, 5.41) is 9.08. The molecule has 0 aliphatic carbocycles. The first-order valence-corrected chi connectivity index (χ1v) is 11.4. The minimum absolute atomic E-state index is 0.00296. The first kappa shape index (κ1) is 24.9. The average molecular weight is 375 g/mol. The summed E-state index contributed by atoms with van der Waals surface area (Å²) in [6, 6.07) is 0. The average Bonchev–Trinajstić information content (AvgIpc) is 2.60. The van der Waals surface area contributed by atoms with Crippen LogP contribution in [-0.2, 0) is 9.53 Å². The number of hydrogen-bond donors (Lipinski definition) is 1. The molecule has 0 aliphatic heterocycles. The standard InChI is InChI=1S/C21H42O3S/c1-3-4-5-6-7-8-9-10-11-12-13-14-15-16-17-24-19-21(18-22)25-20(2)23/h21-22H,3-19H2,1-2H3/t21-/m1/s1. The lowest BCUT2D eigenvalue weighted by atomic mass is 10.0. The zero-order valence-electron chi connectivity index (χ0n) is 16.8. The van der Waals surface area contributed by atoms with Crippen molar-refractivity contribution in [3.8, 4) is 0 Å². The molecule has 1 atom stereocenters. The summed E-state index contributed by atoms with van der Waals surface area (Å²) < 4.78 is 5.56. The van der Waals surface area contributed by atoms with Crippen molar-refractivity contribution in [1.82, 2.24) is 0 Å². The Bertz CT molecular complexity index is 284. The molecule has 0 radical (unpaired) electrons. The summed E-state index contributed by atoms with van der Waals surface area (Å²) in [4.78, 5) is 11.0. The van der Waals surface area contributed by atoms with E-state index in [1.807, 2.05) is 0 Å². The fourth-order valence-electron chi connectivity index (χ4n) is 2.97. The van der Waals surface area contributed by atoms with Crippen molar-refractivity contribution < 1.29 is 14.6 Å². The number of rotatable bonds is 19. The van der Waals surface area contributed by atoms with Crippen LogP contribution in [0.2, 0.25) is 0 Å². The third-order valence-electron chi connectivity index (χ3n) is 4.48. The van der Waals surface area contributed by atoms with Crippen molar-refractivity contribution in [2.75, 3.05) is 19.8 Å². The second kappa shape index (κ2) is 20.3. The fourth-order valence-corrected chi connectivity index (χ4v) is 3.68. The van der Waals surface area contributed by atoms with Crippen LogP contribution in [0.4, 0.5) is 0 Å². The Kier molecular flexibility index (Phi) is 20.2. The predicted molar refractivity (Wildman–Crippen MR) is 110 cm³/mol. The van der Waals surface area contributed by atoms with Crippen molar-refractivity contribution in [3.63, 3.8) is 0 Å². The van der Waals surface area contributed by atoms with Gasteiger partial charge in [0.15, 0.2) is 5.12 Å². The Morgan fingerprint density at radius 2 is 1.28 bits per heavy atom. The van der Waals surface area contributed by atoms with Gasteiger partial charge in [0.25, 0.3) is 0 Å². The number of unbranched alkanes of at least 4 members (excludes halogenated alkanes) is 13. The van der Waals surface area contributed by atoms with E-state index in [9.17, 15) is 4.79 Å². The van der Waals surface area contributed by atoms with Crippen molar-refractivity contribution in [3.05, 3.63) is 0 Å². The van der Waals surface area contributed by atoms with Gasteiger partial charge in [-0.25, -0.2) is 0 Å². The number of aliphatic hydroxyl groups is 1. The van der Waals surface area contributed by atoms with Gasteiger partial charge in [-0.05, 0) is 6.42 Å². The van der Waals surface area contributed by atoms with Gasteiger partial charge in [0, 0.05) is 13.5 Å². The second-order valence-corrected chi connectivity index (χ2v) is 8.56. The number of carbonyl (C=O) groups is 1. The first-order valence-electron chi connectivity index (χ1n) is 10.6. The largest absolute Gasteiger partial charge is 0.395 e. The maximum Gasteiger partial charge on any atom is 0.186 e. The van der Waals surface area contributed by atoms with Gasteiger partial charge in [0.2, 0.25) is 0 Å². The van der Waals surface area contributed by atoms with Crippen LogP contribution in [-0.4, -0.2) is 35.3 Å². The Morgan fingerprint density at radius 3 is 1.68 bits per heavy atom. The molecular formula is C21H42O3S. The lowest BCUT2D eigenvalue weighted by molar-refractivity contribution is -0.109. The van der Waals surface area contributed by atoms with E-state index in [1.165, 1.54) is 102 Å². The molecule has 0 spiro atoms. The molecule has 0 bridgehead atoms. The summed E-state index contributed by atoms with van der Waals surface area (Å²) in [7, 11) is 0. The van der Waals surface area contributed by atoms with E-state index in [-0.39, 0.29) is 17.0 Å². The van der Waals surface area contributed by atoms with Gasteiger partial charge in [-0.1, -0.05) is 102 Å². The molecule has 0 heterocycles. The predicted octanol–water partition coefficient (Wildman–Crippen LogP) is 6.12. The lowest BCUT2D eigenvalue weighted by Gasteiger charge is -2.12. The molecule has 0 aromatic rings. The van der Waals surface area contributed by atoms with E-state index < -0.39 is 0 Å². The van der Waals surface area contributed by atoms with Crippen LogP contribution in [0.25, 0.3) is 0 Å². The van der Waals surface area contributed by atoms with Crippen LogP contribution < -0.4 is 0 Å². The van der Waals surface area contributed by atoms with Crippen LogP contribution in [0.15, 0.2) is 0 Å². The zero-order valence-corrected chi connectivity index (χ0v) is 17.6. The minimum Gasteiger partial charge on any atom is -0.395 e. The highest BCUT2D eigenvalue weighted by Gasteiger charge is 2.10. The Hall–Kier alpha value is -0.0600. The molecule has 0 aromatic heterocycles. The molecule has 4 heteroatoms. The third kappa shape index (κ3) is 20.1. The molecule has 0 saturated heterocycles. The molecule has 0 fully saturated rings. The molecular weight excluding hydrogens is 332 g/mol. The molecule has 1 N–H and O–H groups in total. The molecule has 0 amide bonds. The molecule has 150 valence electrons. The normalized spacial score (nSPS) is 12.4. The van der Waals surface area contributed by atoms with Gasteiger partial charge < -0.3 is 9.84 Å². The van der Waals surface area contributed by atoms with Crippen molar-refractivity contribution in [2.45, 2.75) is 109 Å². The van der Waals surface area contributed by atoms with E-state index in [0.717, 1.165) is 13.0 Å². The Balaban J connectivity index is 3.15. The van der Waals surface area contributed by atoms with Crippen LogP contribution >= 0.6 is 11.8 Å². The second-order valence-electron chi connectivity index (χ2n) is 7.09. The highest BCUT2D eigenvalue weighted by molar-refractivity contribution is 8.14. The maximum absolute atomic E-state index is 11.0. The van der Waals surface area contributed by atoms with Crippen LogP contribution in [0.1, 0.15) is 104 Å². The van der Waals surface area contributed by atoms with E-state index in [4.69, 9.17) is 9.84 Å². The summed E-state index contributed by atoms with van der Waals surface area (Å²) >= 11 is 1.17. The Labute approximate surface area is 160 Å². The van der Waals surface area contributed by atoms with Gasteiger partial charge in [-0.3, -0.25) is 4.79 Å². The summed E-state index contributed by atoms with van der Waals surface area (Å²) in [6.07, 6.45) is 19.0. The van der Waals surface area contributed by atoms with Gasteiger partial charge in [-0.2, -0.15) is 0 Å². The Morgan fingerprint density at radius 1 is 0.840 bits per heavy atom. The quantitative estimate of drug-likeness (QED) is 0.276. The first-order chi connectivity index (χ1) is 12.2. The van der Waals surface area contributed by atoms with Crippen LogP contribution in [0.5, 0.6) is 0 Å². The highest BCUT2D eigenvalue weighted by Crippen LogP contribution is 2.14. The van der Waals surface area contributed by atoms with E-state index >= 15 is 0 Å². The molecule has 0 rings (SSSR count). The third-order valence-corrected chi connectivity index (χ3v) is 5.43. The smallest absolute Gasteiger partial charge is 0.186 e. The van der Waals surface area contributed by atoms with Gasteiger partial charge in [-0.15, -0.1) is 0 Å². The summed E-state index contributed by atoms with van der Waals surface area (Å²) in [5.74, 6) is 0. The summed E-state index contributed by atoms with van der Waals surface area (Å²) in [5.41, 5.74) is 0. The SMILES string of the molecule is CCCCCCCCCCCCCCCCOC[C@@H](CO)SC(C)=O. The number of ether oxygens (including phenoxy) is 1. The lowest BCUT2D eigenvalue weighted by Crippen LogP contribution is -2.18. The molecule has 3 nitrogen and oxygen atoms in total. The van der Waals surface area contributed by atoms with E-state index in [0.29, 0.717) is 6.61 Å². The monoisotopic (exact) mass is 374 g/mol. The molecule has 0 aliphatic rings. The molecule has 0 aromatic carbocycles. The maximum atomic E-state index is 11.0. The van der Waals surface area contributed by atoms with Crippen molar-refractivity contribution in [2.24, 2.45) is 0 Å². The number of aliphatic hydroxyl groups excluding tert-OH is 1. The zero-order chi connectivity index (χ0) is 18.6. The highest BCUT2D eigenvalue weighted by atomic mass is 32.2. The van der Waals surface area contributed by atoms with E-state index in [1.54, 1.807) is 0 Å². The topological polar surface area (TPSA) is 46.5 Å². The minimum atomic E-state index is -0.107. The number of thioether (sulfide) groups is 1. The fraction of sp³-hybridized carbons (Fsp3) is 0.952. The van der Waals surface area contributed by atoms with E-state index in [2.05, 4.69) is 6.92 Å². The van der Waals surface area contributed by atoms with Crippen molar-refractivity contribution >= 4 is 16.9 Å². The van der Waals surface area contributed by atoms with Gasteiger partial charge in [0.1, 0.15) is 0 Å². The number of hydrogen-bond acceptors (Lipinski definition) is 4. The van der Waals surface area contributed by atoms with Crippen molar-refractivity contribution in [1.29, 1.82) is 0 Å². The molecule has 25 heavy (non-hydrogen) atoms. The molecule has 0 saturated carbocycles. The van der Waals surface area contributed by atoms with Crippen LogP contribution in [0, 0.1) is 0 Å². The number of carbonyl (C=O) groups excluding carboxylic acids is 1. The van der Waals surface area contributed by atoms with Crippen LogP contribution in [0.3, 0.4) is 0 Å². The van der Waals surface area contributed by atoms with Gasteiger partial charge in [0.05, 0.1) is 18.5 Å².